The maximum absolute atomic E-state index is 14.1. The van der Waals surface area contributed by atoms with Crippen molar-refractivity contribution in [2.75, 3.05) is 0 Å². The van der Waals surface area contributed by atoms with Gasteiger partial charge in [0, 0.05) is 11.6 Å². The van der Waals surface area contributed by atoms with Gasteiger partial charge < -0.3 is 24.1 Å². The molecule has 1 aliphatic heterocycles. The zero-order chi connectivity index (χ0) is 30.5. The summed E-state index contributed by atoms with van der Waals surface area (Å²) in [6, 6.07) is 5.55. The molecule has 2 aliphatic carbocycles. The van der Waals surface area contributed by atoms with E-state index in [2.05, 4.69) is 24.8 Å². The number of fused-ring (bicyclic) bond motifs is 2. The largest absolute Gasteiger partial charge is 0.586 e. The molecule has 0 saturated heterocycles. The van der Waals surface area contributed by atoms with Gasteiger partial charge in [-0.15, -0.1) is 13.9 Å². The molecule has 1 saturated carbocycles. The quantitative estimate of drug-likeness (QED) is 0.313. The van der Waals surface area contributed by atoms with Gasteiger partial charge in [-0.3, -0.25) is 4.79 Å². The van der Waals surface area contributed by atoms with Gasteiger partial charge >= 0.3 is 18.4 Å². The minimum atomic E-state index is -4.71. The highest BCUT2D eigenvalue weighted by Gasteiger charge is 2.44. The summed E-state index contributed by atoms with van der Waals surface area (Å²) in [5.74, 6) is -1.64. The van der Waals surface area contributed by atoms with E-state index in [9.17, 15) is 31.9 Å². The van der Waals surface area contributed by atoms with Gasteiger partial charge in [0.1, 0.15) is 12.2 Å². The van der Waals surface area contributed by atoms with E-state index in [1.807, 2.05) is 0 Å². The van der Waals surface area contributed by atoms with E-state index in [4.69, 9.17) is 9.47 Å². The normalized spacial score (nSPS) is 23.4. The summed E-state index contributed by atoms with van der Waals surface area (Å²) in [4.78, 5) is 11.3. The Morgan fingerprint density at radius 1 is 1.12 bits per heavy atom. The Bertz CT molecular complexity index is 1520. The van der Waals surface area contributed by atoms with Crippen LogP contribution >= 0.6 is 0 Å². The Balaban J connectivity index is 1.27. The fraction of sp³-hybridized carbons (Fsp3) is 0.500. The van der Waals surface area contributed by atoms with Crippen LogP contribution in [0.5, 0.6) is 17.4 Å². The zero-order valence-corrected chi connectivity index (χ0v) is 22.8. The van der Waals surface area contributed by atoms with Crippen molar-refractivity contribution in [2.45, 2.75) is 82.7 Å². The summed E-state index contributed by atoms with van der Waals surface area (Å²) in [5.41, 5.74) is -0.0702. The molecule has 3 aromatic rings. The van der Waals surface area contributed by atoms with Gasteiger partial charge in [-0.2, -0.15) is 23.4 Å². The first-order valence-electron chi connectivity index (χ1n) is 13.8. The second kappa shape index (κ2) is 10.9. The Labute approximate surface area is 241 Å². The van der Waals surface area contributed by atoms with Crippen LogP contribution in [0.25, 0.3) is 5.69 Å². The first-order valence-corrected chi connectivity index (χ1v) is 13.8. The fourth-order valence-electron chi connectivity index (χ4n) is 5.86. The molecule has 10 nitrogen and oxygen atoms in total. The number of halogens is 5. The number of nitrogens with zero attached hydrogens (tertiary/aromatic N) is 4. The maximum atomic E-state index is 14.1. The van der Waals surface area contributed by atoms with Crippen LogP contribution in [0.3, 0.4) is 0 Å². The van der Waals surface area contributed by atoms with Gasteiger partial charge in [0.2, 0.25) is 5.88 Å². The topological polar surface area (TPSA) is 118 Å². The van der Waals surface area contributed by atoms with Crippen LogP contribution < -0.4 is 14.2 Å². The highest BCUT2D eigenvalue weighted by atomic mass is 19.4. The van der Waals surface area contributed by atoms with E-state index >= 15 is 0 Å². The number of alkyl halides is 5. The number of aliphatic carboxylic acids is 1. The zero-order valence-electron chi connectivity index (χ0n) is 22.8. The van der Waals surface area contributed by atoms with E-state index in [1.54, 1.807) is 6.92 Å². The maximum Gasteiger partial charge on any atom is 0.586 e. The summed E-state index contributed by atoms with van der Waals surface area (Å²) < 4.78 is 91.4. The predicted octanol–water partition coefficient (Wildman–Crippen LogP) is 6.18. The number of rotatable bonds is 7. The van der Waals surface area contributed by atoms with Crippen molar-refractivity contribution in [1.29, 1.82) is 0 Å². The van der Waals surface area contributed by atoms with Gasteiger partial charge in [0.05, 0.1) is 29.6 Å². The van der Waals surface area contributed by atoms with Crippen molar-refractivity contribution < 1.29 is 50.8 Å². The highest BCUT2D eigenvalue weighted by Crippen LogP contribution is 2.44. The molecule has 230 valence electrons. The number of carbonyl (C=O) groups is 1. The molecular weight excluding hydrogens is 583 g/mol. The predicted molar refractivity (Wildman–Crippen MR) is 136 cm³/mol. The van der Waals surface area contributed by atoms with Crippen molar-refractivity contribution in [3.63, 3.8) is 0 Å². The van der Waals surface area contributed by atoms with E-state index in [0.717, 1.165) is 0 Å². The van der Waals surface area contributed by atoms with Crippen LogP contribution in [0.1, 0.15) is 80.2 Å². The lowest BCUT2D eigenvalue weighted by atomic mass is 9.87. The van der Waals surface area contributed by atoms with Gasteiger partial charge in [-0.1, -0.05) is 6.07 Å². The van der Waals surface area contributed by atoms with Crippen LogP contribution in [0, 0.1) is 5.92 Å². The van der Waals surface area contributed by atoms with Crippen molar-refractivity contribution in [1.82, 2.24) is 20.0 Å². The Morgan fingerprint density at radius 3 is 2.58 bits per heavy atom. The molecule has 15 heteroatoms. The van der Waals surface area contributed by atoms with E-state index < -0.39 is 42.3 Å². The minimum Gasteiger partial charge on any atom is -0.481 e. The highest BCUT2D eigenvalue weighted by molar-refractivity contribution is 5.70. The molecule has 0 spiro atoms. The number of benzene rings is 1. The molecule has 2 aromatic heterocycles. The third-order valence-corrected chi connectivity index (χ3v) is 7.92. The van der Waals surface area contributed by atoms with Gasteiger partial charge in [0.15, 0.2) is 17.2 Å². The first kappa shape index (κ1) is 29.1. The summed E-state index contributed by atoms with van der Waals surface area (Å²) in [6.45, 7) is 1.63. The number of carboxylic acids is 1. The monoisotopic (exact) mass is 610 g/mol. The molecule has 1 N–H and O–H groups in total. The molecule has 0 unspecified atom stereocenters. The second-order valence-electron chi connectivity index (χ2n) is 10.8. The van der Waals surface area contributed by atoms with Crippen LogP contribution in [0.15, 0.2) is 30.5 Å². The van der Waals surface area contributed by atoms with Gasteiger partial charge in [-0.05, 0) is 69.6 Å². The molecule has 3 heterocycles. The fourth-order valence-corrected chi connectivity index (χ4v) is 5.86. The Morgan fingerprint density at radius 2 is 1.86 bits per heavy atom. The summed E-state index contributed by atoms with van der Waals surface area (Å²) in [5, 5.41) is 21.1. The smallest absolute Gasteiger partial charge is 0.481 e. The minimum absolute atomic E-state index is 0.0360. The number of carboxylic acid groups (broad SMARTS) is 1. The van der Waals surface area contributed by atoms with Crippen molar-refractivity contribution in [3.05, 3.63) is 53.0 Å². The lowest BCUT2D eigenvalue weighted by Crippen LogP contribution is -2.29. The van der Waals surface area contributed by atoms with Crippen molar-refractivity contribution in [3.8, 4) is 23.1 Å². The van der Waals surface area contributed by atoms with Crippen LogP contribution in [-0.2, 0) is 22.1 Å². The van der Waals surface area contributed by atoms with Crippen molar-refractivity contribution in [2.24, 2.45) is 5.92 Å². The molecule has 0 radical (unpaired) electrons. The Kier molecular flexibility index (Phi) is 7.39. The lowest BCUT2D eigenvalue weighted by Gasteiger charge is -2.32. The standard InChI is InChI=1S/C28H27F5N4O6/c1-14(16-7-10-20-22(11-16)43-28(32,33)42-20)40-23-12-17(13-34-35-23)37-24-19(25(36-37)27(29,30)31)3-2-4-21(24)41-18-8-5-15(6-9-18)26(38)39/h7,10-15,18,21H,2-6,8-9H2,1H3,(H,38,39)/t14-,15?,18?,21-/m1/s1. The van der Waals surface area contributed by atoms with Crippen molar-refractivity contribution >= 4 is 5.97 Å². The summed E-state index contributed by atoms with van der Waals surface area (Å²) in [7, 11) is 0. The first-order chi connectivity index (χ1) is 20.4. The van der Waals surface area contributed by atoms with Crippen LogP contribution in [-0.4, -0.2) is 43.5 Å². The number of hydrogen-bond donors (Lipinski definition) is 1. The third kappa shape index (κ3) is 5.94. The van der Waals surface area contributed by atoms with Gasteiger partial charge in [0.25, 0.3) is 0 Å². The lowest BCUT2D eigenvalue weighted by molar-refractivity contribution is -0.286. The molecular formula is C28H27F5N4O6. The second-order valence-corrected chi connectivity index (χ2v) is 10.8. The molecule has 2 atom stereocenters. The Hall–Kier alpha value is -4.01. The van der Waals surface area contributed by atoms with Crippen LogP contribution in [0.4, 0.5) is 22.0 Å². The molecule has 1 aromatic carbocycles. The van der Waals surface area contributed by atoms with E-state index in [-0.39, 0.29) is 46.8 Å². The van der Waals surface area contributed by atoms with Crippen LogP contribution in [0.2, 0.25) is 0 Å². The van der Waals surface area contributed by atoms with E-state index in [0.29, 0.717) is 44.1 Å². The molecule has 1 fully saturated rings. The SMILES string of the molecule is C[C@@H](Oc1cc(-n2nc(C(F)(F)F)c3c2[C@H](OC2CCC(C(=O)O)CC2)CCC3)cnn1)c1ccc2c(c1)OC(F)(F)O2. The molecule has 3 aliphatic rings. The molecule has 0 bridgehead atoms. The average Bonchev–Trinajstić information content (AvgIpc) is 3.50. The number of hydrogen-bond acceptors (Lipinski definition) is 8. The summed E-state index contributed by atoms with van der Waals surface area (Å²) >= 11 is 0. The van der Waals surface area contributed by atoms with E-state index in [1.165, 1.54) is 35.1 Å². The molecule has 43 heavy (non-hydrogen) atoms. The van der Waals surface area contributed by atoms with Gasteiger partial charge in [-0.25, -0.2) is 4.68 Å². The number of ether oxygens (including phenoxy) is 4. The summed E-state index contributed by atoms with van der Waals surface area (Å²) in [6.07, 6.45) is -5.98. The molecule has 0 amide bonds. The molecule has 6 rings (SSSR count). The third-order valence-electron chi connectivity index (χ3n) is 7.92. The average molecular weight is 611 g/mol. The number of aromatic nitrogens is 4.